The molecule has 2 aromatic carbocycles. The molecule has 0 fully saturated rings. The van der Waals surface area contributed by atoms with Gasteiger partial charge in [-0.15, -0.1) is 13.2 Å². The van der Waals surface area contributed by atoms with Gasteiger partial charge in [0.25, 0.3) is 0 Å². The van der Waals surface area contributed by atoms with Gasteiger partial charge in [0, 0.05) is 11.8 Å². The monoisotopic (exact) mass is 220 g/mol. The maximum absolute atomic E-state index is 3.98. The van der Waals surface area contributed by atoms with Gasteiger partial charge < -0.3 is 0 Å². The van der Waals surface area contributed by atoms with Crippen LogP contribution >= 0.6 is 0 Å². The van der Waals surface area contributed by atoms with Crippen molar-refractivity contribution in [1.82, 2.24) is 0 Å². The van der Waals surface area contributed by atoms with Crippen LogP contribution < -0.4 is 0 Å². The zero-order chi connectivity index (χ0) is 11.8. The van der Waals surface area contributed by atoms with Gasteiger partial charge in [0.2, 0.25) is 0 Å². The van der Waals surface area contributed by atoms with E-state index in [-0.39, 0.29) is 0 Å². The van der Waals surface area contributed by atoms with Gasteiger partial charge in [-0.2, -0.15) is 0 Å². The van der Waals surface area contributed by atoms with E-state index < -0.39 is 0 Å². The molecule has 0 saturated carbocycles. The van der Waals surface area contributed by atoms with Crippen molar-refractivity contribution in [3.05, 3.63) is 72.8 Å². The molecule has 84 valence electrons. The number of allylic oxidation sites excluding steroid dienone is 2. The fourth-order valence-electron chi connectivity index (χ4n) is 3.01. The standard InChI is InChI=1S/C17H16/c1-3-12-11-13(4-2)17-15-8-6-5-7-14(15)9-10-16(12)17/h3-10,12-13H,1-2,11H2. The van der Waals surface area contributed by atoms with Crippen molar-refractivity contribution >= 4 is 10.8 Å². The summed E-state index contributed by atoms with van der Waals surface area (Å²) in [5, 5.41) is 2.70. The third-order valence-corrected chi connectivity index (χ3v) is 3.85. The second-order valence-corrected chi connectivity index (χ2v) is 4.71. The lowest BCUT2D eigenvalue weighted by molar-refractivity contribution is 0.753. The number of hydrogen-bond donors (Lipinski definition) is 0. The molecule has 2 aromatic rings. The summed E-state index contributed by atoms with van der Waals surface area (Å²) >= 11 is 0. The Morgan fingerprint density at radius 1 is 0.941 bits per heavy atom. The predicted octanol–water partition coefficient (Wildman–Crippen LogP) is 4.78. The van der Waals surface area contributed by atoms with Crippen molar-refractivity contribution in [2.75, 3.05) is 0 Å². The van der Waals surface area contributed by atoms with Crippen LogP contribution in [0.3, 0.4) is 0 Å². The molecule has 2 atom stereocenters. The van der Waals surface area contributed by atoms with E-state index in [4.69, 9.17) is 0 Å². The van der Waals surface area contributed by atoms with Crippen LogP contribution in [0.5, 0.6) is 0 Å². The molecule has 0 amide bonds. The van der Waals surface area contributed by atoms with Crippen LogP contribution in [0.2, 0.25) is 0 Å². The molecule has 17 heavy (non-hydrogen) atoms. The zero-order valence-corrected chi connectivity index (χ0v) is 9.89. The Labute approximate surface area is 102 Å². The highest BCUT2D eigenvalue weighted by atomic mass is 14.3. The fourth-order valence-corrected chi connectivity index (χ4v) is 3.01. The van der Waals surface area contributed by atoms with E-state index in [2.05, 4.69) is 61.7 Å². The van der Waals surface area contributed by atoms with Gasteiger partial charge in [-0.05, 0) is 28.3 Å². The lowest BCUT2D eigenvalue weighted by atomic mass is 9.94. The van der Waals surface area contributed by atoms with Gasteiger partial charge in [0.05, 0.1) is 0 Å². The molecule has 0 heteroatoms. The van der Waals surface area contributed by atoms with Crippen LogP contribution in [0, 0.1) is 0 Å². The van der Waals surface area contributed by atoms with Gasteiger partial charge in [-0.3, -0.25) is 0 Å². The molecule has 0 heterocycles. The summed E-state index contributed by atoms with van der Waals surface area (Å²) in [6, 6.07) is 13.1. The van der Waals surface area contributed by atoms with E-state index >= 15 is 0 Å². The number of benzene rings is 2. The highest BCUT2D eigenvalue weighted by Crippen LogP contribution is 2.45. The van der Waals surface area contributed by atoms with Crippen LogP contribution in [0.25, 0.3) is 10.8 Å². The second-order valence-electron chi connectivity index (χ2n) is 4.71. The average molecular weight is 220 g/mol. The van der Waals surface area contributed by atoms with E-state index in [9.17, 15) is 0 Å². The fraction of sp³-hybridized carbons (Fsp3) is 0.176. The summed E-state index contributed by atoms with van der Waals surface area (Å²) in [6.45, 7) is 7.94. The van der Waals surface area contributed by atoms with Crippen molar-refractivity contribution in [3.63, 3.8) is 0 Å². The minimum atomic E-state index is 0.471. The molecule has 1 aliphatic carbocycles. The molecule has 1 aliphatic rings. The van der Waals surface area contributed by atoms with Crippen LogP contribution in [0.1, 0.15) is 29.4 Å². The summed E-state index contributed by atoms with van der Waals surface area (Å²) in [4.78, 5) is 0. The largest absolute Gasteiger partial charge is 0.102 e. The van der Waals surface area contributed by atoms with Gasteiger partial charge >= 0.3 is 0 Å². The van der Waals surface area contributed by atoms with Crippen molar-refractivity contribution in [1.29, 1.82) is 0 Å². The second kappa shape index (κ2) is 3.89. The zero-order valence-electron chi connectivity index (χ0n) is 9.89. The molecule has 3 rings (SSSR count). The Morgan fingerprint density at radius 3 is 2.47 bits per heavy atom. The maximum atomic E-state index is 3.98. The molecular weight excluding hydrogens is 204 g/mol. The Kier molecular flexibility index (Phi) is 2.36. The SMILES string of the molecule is C=CC1CC(C=C)c2c1ccc1ccccc21. The van der Waals surface area contributed by atoms with Crippen LogP contribution in [0.4, 0.5) is 0 Å². The minimum absolute atomic E-state index is 0.471. The first kappa shape index (κ1) is 10.3. The molecule has 0 N–H and O–H groups in total. The average Bonchev–Trinajstić information content (AvgIpc) is 2.77. The molecule has 0 aromatic heterocycles. The summed E-state index contributed by atoms with van der Waals surface area (Å²) in [6.07, 6.45) is 5.27. The van der Waals surface area contributed by atoms with Gasteiger partial charge in [0.1, 0.15) is 0 Å². The highest BCUT2D eigenvalue weighted by molar-refractivity contribution is 5.88. The van der Waals surface area contributed by atoms with Gasteiger partial charge in [0.15, 0.2) is 0 Å². The molecule has 0 spiro atoms. The van der Waals surface area contributed by atoms with E-state index in [0.717, 1.165) is 6.42 Å². The first-order chi connectivity index (χ1) is 8.35. The third kappa shape index (κ3) is 1.44. The predicted molar refractivity (Wildman–Crippen MR) is 74.4 cm³/mol. The lowest BCUT2D eigenvalue weighted by Gasteiger charge is -2.10. The normalized spacial score (nSPS) is 22.4. The topological polar surface area (TPSA) is 0 Å². The molecule has 0 saturated heterocycles. The number of fused-ring (bicyclic) bond motifs is 3. The van der Waals surface area contributed by atoms with E-state index in [1.165, 1.54) is 21.9 Å². The van der Waals surface area contributed by atoms with Crippen LogP contribution in [0.15, 0.2) is 61.7 Å². The summed E-state index contributed by atoms with van der Waals surface area (Å²) in [7, 11) is 0. The van der Waals surface area contributed by atoms with Crippen molar-refractivity contribution in [2.24, 2.45) is 0 Å². The van der Waals surface area contributed by atoms with E-state index in [0.29, 0.717) is 11.8 Å². The summed E-state index contributed by atoms with van der Waals surface area (Å²) in [5.41, 5.74) is 2.90. The Morgan fingerprint density at radius 2 is 1.71 bits per heavy atom. The third-order valence-electron chi connectivity index (χ3n) is 3.85. The highest BCUT2D eigenvalue weighted by Gasteiger charge is 2.28. The van der Waals surface area contributed by atoms with Crippen molar-refractivity contribution in [3.8, 4) is 0 Å². The van der Waals surface area contributed by atoms with Gasteiger partial charge in [-0.1, -0.05) is 48.6 Å². The quantitative estimate of drug-likeness (QED) is 0.639. The molecular formula is C17H16. The van der Waals surface area contributed by atoms with Crippen molar-refractivity contribution in [2.45, 2.75) is 18.3 Å². The first-order valence-corrected chi connectivity index (χ1v) is 6.12. The van der Waals surface area contributed by atoms with E-state index in [1.807, 2.05) is 0 Å². The smallest absolute Gasteiger partial charge is 0.00332 e. The molecule has 0 nitrogen and oxygen atoms in total. The molecule has 0 bridgehead atoms. The molecule has 0 aliphatic heterocycles. The maximum Gasteiger partial charge on any atom is 0.00332 e. The minimum Gasteiger partial charge on any atom is -0.102 e. The number of hydrogen-bond acceptors (Lipinski definition) is 0. The Hall–Kier alpha value is -1.82. The lowest BCUT2D eigenvalue weighted by Crippen LogP contribution is -1.90. The Bertz CT molecular complexity index is 592. The van der Waals surface area contributed by atoms with Gasteiger partial charge in [-0.25, -0.2) is 0 Å². The van der Waals surface area contributed by atoms with Crippen LogP contribution in [-0.4, -0.2) is 0 Å². The van der Waals surface area contributed by atoms with E-state index in [1.54, 1.807) is 0 Å². The van der Waals surface area contributed by atoms with Crippen LogP contribution in [-0.2, 0) is 0 Å². The molecule has 2 unspecified atom stereocenters. The first-order valence-electron chi connectivity index (χ1n) is 6.12. The number of rotatable bonds is 2. The summed E-state index contributed by atoms with van der Waals surface area (Å²) < 4.78 is 0. The summed E-state index contributed by atoms with van der Waals surface area (Å²) in [5.74, 6) is 0.955. The Balaban J connectivity index is 2.34. The van der Waals surface area contributed by atoms with Crippen molar-refractivity contribution < 1.29 is 0 Å². The molecule has 0 radical (unpaired) electrons.